The number of hydrogen-bond donors (Lipinski definition) is 1. The number of aromatic nitrogens is 3. The summed E-state index contributed by atoms with van der Waals surface area (Å²) in [6.07, 6.45) is 2.70. The molecule has 4 rings (SSSR count). The van der Waals surface area contributed by atoms with Gasteiger partial charge in [0.2, 0.25) is 0 Å². The van der Waals surface area contributed by atoms with Crippen molar-refractivity contribution < 1.29 is 4.79 Å². The predicted octanol–water partition coefficient (Wildman–Crippen LogP) is 4.65. The second-order valence-corrected chi connectivity index (χ2v) is 8.26. The molecule has 0 aliphatic carbocycles. The van der Waals surface area contributed by atoms with Crippen molar-refractivity contribution in [2.45, 2.75) is 29.8 Å². The van der Waals surface area contributed by atoms with Gasteiger partial charge in [-0.25, -0.2) is 4.79 Å². The number of urea groups is 1. The van der Waals surface area contributed by atoms with Crippen LogP contribution < -0.4 is 5.32 Å². The minimum absolute atomic E-state index is 0.0501. The van der Waals surface area contributed by atoms with Crippen molar-refractivity contribution in [3.63, 3.8) is 0 Å². The number of hydrogen-bond acceptors (Lipinski definition) is 4. The first-order chi connectivity index (χ1) is 13.6. The number of rotatable bonds is 5. The van der Waals surface area contributed by atoms with E-state index < -0.39 is 0 Å². The second kappa shape index (κ2) is 8.06. The van der Waals surface area contributed by atoms with Crippen LogP contribution in [0, 0.1) is 0 Å². The molecule has 1 fully saturated rings. The van der Waals surface area contributed by atoms with Gasteiger partial charge in [0.15, 0.2) is 5.16 Å². The SMILES string of the molecule is C[C@H](Sc1nncn1C)c1cccc(NC(=O)N2CCC2c2ccccc2)c1. The van der Waals surface area contributed by atoms with Crippen LogP contribution in [0.25, 0.3) is 0 Å². The van der Waals surface area contributed by atoms with Gasteiger partial charge in [0.1, 0.15) is 6.33 Å². The molecular formula is C21H23N5OS. The van der Waals surface area contributed by atoms with Crippen LogP contribution in [0.15, 0.2) is 66.1 Å². The molecule has 0 radical (unpaired) electrons. The Morgan fingerprint density at radius 3 is 2.71 bits per heavy atom. The van der Waals surface area contributed by atoms with Gasteiger partial charge in [-0.2, -0.15) is 0 Å². The third kappa shape index (κ3) is 3.89. The first-order valence-corrected chi connectivity index (χ1v) is 10.2. The molecule has 2 amide bonds. The zero-order chi connectivity index (χ0) is 19.5. The summed E-state index contributed by atoms with van der Waals surface area (Å²) in [7, 11) is 1.93. The van der Waals surface area contributed by atoms with E-state index >= 15 is 0 Å². The Kier molecular flexibility index (Phi) is 5.34. The Bertz CT molecular complexity index is 958. The summed E-state index contributed by atoms with van der Waals surface area (Å²) in [5, 5.41) is 12.2. The minimum atomic E-state index is -0.0501. The van der Waals surface area contributed by atoms with Crippen LogP contribution in [0.2, 0.25) is 0 Å². The first kappa shape index (κ1) is 18.6. The molecule has 28 heavy (non-hydrogen) atoms. The van der Waals surface area contributed by atoms with E-state index in [1.165, 1.54) is 5.56 Å². The number of aryl methyl sites for hydroxylation is 1. The van der Waals surface area contributed by atoms with Crippen molar-refractivity contribution >= 4 is 23.5 Å². The zero-order valence-corrected chi connectivity index (χ0v) is 16.8. The van der Waals surface area contributed by atoms with Crippen LogP contribution in [0.4, 0.5) is 10.5 Å². The first-order valence-electron chi connectivity index (χ1n) is 9.35. The lowest BCUT2D eigenvalue weighted by Gasteiger charge is -2.41. The van der Waals surface area contributed by atoms with E-state index in [0.717, 1.165) is 29.4 Å². The number of nitrogens with zero attached hydrogens (tertiary/aromatic N) is 4. The van der Waals surface area contributed by atoms with Crippen LogP contribution in [0.1, 0.15) is 35.8 Å². The van der Waals surface area contributed by atoms with Crippen molar-refractivity contribution in [1.29, 1.82) is 0 Å². The fourth-order valence-corrected chi connectivity index (χ4v) is 4.23. The van der Waals surface area contributed by atoms with Gasteiger partial charge in [0.25, 0.3) is 0 Å². The third-order valence-electron chi connectivity index (χ3n) is 5.02. The highest BCUT2D eigenvalue weighted by atomic mass is 32.2. The van der Waals surface area contributed by atoms with Crippen molar-refractivity contribution in [3.8, 4) is 0 Å². The number of carbonyl (C=O) groups excluding carboxylic acids is 1. The van der Waals surface area contributed by atoms with E-state index in [4.69, 9.17) is 0 Å². The van der Waals surface area contributed by atoms with Gasteiger partial charge >= 0.3 is 6.03 Å². The van der Waals surface area contributed by atoms with Crippen molar-refractivity contribution in [2.24, 2.45) is 7.05 Å². The van der Waals surface area contributed by atoms with Crippen molar-refractivity contribution in [3.05, 3.63) is 72.1 Å². The van der Waals surface area contributed by atoms with Crippen LogP contribution in [-0.4, -0.2) is 32.2 Å². The number of thioether (sulfide) groups is 1. The average Bonchev–Trinajstić information content (AvgIpc) is 3.06. The Balaban J connectivity index is 1.42. The average molecular weight is 394 g/mol. The van der Waals surface area contributed by atoms with Crippen LogP contribution in [0.3, 0.4) is 0 Å². The lowest BCUT2D eigenvalue weighted by Crippen LogP contribution is -2.47. The lowest BCUT2D eigenvalue weighted by atomic mass is 9.95. The molecule has 1 N–H and O–H groups in total. The molecule has 2 atom stereocenters. The Labute approximate surface area is 169 Å². The van der Waals surface area contributed by atoms with E-state index in [0.29, 0.717) is 0 Å². The Morgan fingerprint density at radius 2 is 2.04 bits per heavy atom. The Morgan fingerprint density at radius 1 is 1.21 bits per heavy atom. The van der Waals surface area contributed by atoms with Crippen molar-refractivity contribution in [1.82, 2.24) is 19.7 Å². The lowest BCUT2D eigenvalue weighted by molar-refractivity contribution is 0.126. The molecule has 144 valence electrons. The highest BCUT2D eigenvalue weighted by Crippen LogP contribution is 2.35. The highest BCUT2D eigenvalue weighted by molar-refractivity contribution is 7.99. The molecule has 0 bridgehead atoms. The summed E-state index contributed by atoms with van der Waals surface area (Å²) in [5.41, 5.74) is 3.13. The van der Waals surface area contributed by atoms with Crippen LogP contribution in [-0.2, 0) is 7.05 Å². The molecule has 6 nitrogen and oxygen atoms in total. The molecule has 0 spiro atoms. The number of likely N-dealkylation sites (tertiary alicyclic amines) is 1. The molecule has 7 heteroatoms. The molecule has 0 saturated carbocycles. The Hall–Kier alpha value is -2.80. The zero-order valence-electron chi connectivity index (χ0n) is 15.9. The maximum absolute atomic E-state index is 12.7. The molecule has 2 heterocycles. The fourth-order valence-electron chi connectivity index (χ4n) is 3.32. The third-order valence-corrected chi connectivity index (χ3v) is 6.23. The maximum atomic E-state index is 12.7. The summed E-state index contributed by atoms with van der Waals surface area (Å²) in [4.78, 5) is 14.6. The number of benzene rings is 2. The molecule has 3 aromatic rings. The smallest absolute Gasteiger partial charge is 0.317 e. The van der Waals surface area contributed by atoms with Gasteiger partial charge in [-0.15, -0.1) is 10.2 Å². The van der Waals surface area contributed by atoms with Gasteiger partial charge in [-0.1, -0.05) is 54.2 Å². The number of amides is 2. The number of nitrogens with one attached hydrogen (secondary N) is 1. The fraction of sp³-hybridized carbons (Fsp3) is 0.286. The number of anilines is 1. The highest BCUT2D eigenvalue weighted by Gasteiger charge is 2.33. The monoisotopic (exact) mass is 393 g/mol. The van der Waals surface area contributed by atoms with E-state index in [1.807, 2.05) is 52.9 Å². The van der Waals surface area contributed by atoms with E-state index in [9.17, 15) is 4.79 Å². The molecule has 1 aromatic heterocycles. The van der Waals surface area contributed by atoms with Gasteiger partial charge in [-0.05, 0) is 36.6 Å². The minimum Gasteiger partial charge on any atom is -0.317 e. The molecule has 1 saturated heterocycles. The van der Waals surface area contributed by atoms with Gasteiger partial charge in [-0.3, -0.25) is 0 Å². The summed E-state index contributed by atoms with van der Waals surface area (Å²) in [6, 6.07) is 18.3. The van der Waals surface area contributed by atoms with Crippen molar-refractivity contribution in [2.75, 3.05) is 11.9 Å². The summed E-state index contributed by atoms with van der Waals surface area (Å²) >= 11 is 1.64. The predicted molar refractivity (Wildman–Crippen MR) is 111 cm³/mol. The normalized spacial score (nSPS) is 17.1. The van der Waals surface area contributed by atoms with E-state index in [2.05, 4.69) is 40.6 Å². The van der Waals surface area contributed by atoms with Crippen LogP contribution >= 0.6 is 11.8 Å². The number of carbonyl (C=O) groups is 1. The topological polar surface area (TPSA) is 63.1 Å². The maximum Gasteiger partial charge on any atom is 0.322 e. The molecular weight excluding hydrogens is 370 g/mol. The van der Waals surface area contributed by atoms with Gasteiger partial charge < -0.3 is 14.8 Å². The largest absolute Gasteiger partial charge is 0.322 e. The van der Waals surface area contributed by atoms with E-state index in [1.54, 1.807) is 18.1 Å². The van der Waals surface area contributed by atoms with Gasteiger partial charge in [0.05, 0.1) is 6.04 Å². The quantitative estimate of drug-likeness (QED) is 0.641. The standard InChI is InChI=1S/C21H23N5OS/c1-15(28-21-24-22-14-25(21)2)17-9-6-10-18(13-17)23-20(27)26-12-11-19(26)16-7-4-3-5-8-16/h3-10,13-15,19H,11-12H2,1-2H3,(H,23,27)/t15-,19?/m0/s1. The van der Waals surface area contributed by atoms with Gasteiger partial charge in [0, 0.05) is 24.5 Å². The summed E-state index contributed by atoms with van der Waals surface area (Å²) in [5.74, 6) is 0. The molecule has 1 aliphatic heterocycles. The molecule has 1 aliphatic rings. The van der Waals surface area contributed by atoms with E-state index in [-0.39, 0.29) is 17.3 Å². The molecule has 1 unspecified atom stereocenters. The molecule has 2 aromatic carbocycles. The van der Waals surface area contributed by atoms with Crippen LogP contribution in [0.5, 0.6) is 0 Å². The summed E-state index contributed by atoms with van der Waals surface area (Å²) < 4.78 is 1.90. The second-order valence-electron chi connectivity index (χ2n) is 6.95. The summed E-state index contributed by atoms with van der Waals surface area (Å²) in [6.45, 7) is 2.91.